The predicted octanol–water partition coefficient (Wildman–Crippen LogP) is 15.6. The number of nitrogens with zero attached hydrogens (tertiary/aromatic N) is 3. The summed E-state index contributed by atoms with van der Waals surface area (Å²) in [5.41, 5.74) is 9.95. The minimum Gasteiger partial charge on any atom is -0.208 e. The zero-order valence-electron chi connectivity index (χ0n) is 33.7. The van der Waals surface area contributed by atoms with Gasteiger partial charge in [0, 0.05) is 16.7 Å². The molecule has 0 spiro atoms. The van der Waals surface area contributed by atoms with Crippen molar-refractivity contribution in [2.24, 2.45) is 0 Å². The Morgan fingerprint density at radius 3 is 1.44 bits per heavy atom. The molecule has 0 radical (unpaired) electrons. The minimum atomic E-state index is 0.629. The molecule has 1 heterocycles. The van der Waals surface area contributed by atoms with E-state index in [2.05, 4.69) is 224 Å². The second kappa shape index (κ2) is 14.8. The largest absolute Gasteiger partial charge is 0.208 e. The van der Waals surface area contributed by atoms with Crippen molar-refractivity contribution in [1.29, 1.82) is 0 Å². The van der Waals surface area contributed by atoms with Crippen LogP contribution < -0.4 is 0 Å². The second-order valence-corrected chi connectivity index (χ2v) is 16.0. The molecule has 0 aliphatic rings. The molecule has 3 nitrogen and oxygen atoms in total. The molecule has 3 heteroatoms. The van der Waals surface area contributed by atoms with Gasteiger partial charge in [-0.2, -0.15) is 0 Å². The smallest absolute Gasteiger partial charge is 0.164 e. The van der Waals surface area contributed by atoms with Crippen LogP contribution >= 0.6 is 0 Å². The first kappa shape index (κ1) is 35.7. The van der Waals surface area contributed by atoms with Gasteiger partial charge < -0.3 is 0 Å². The third-order valence-electron chi connectivity index (χ3n) is 12.3. The van der Waals surface area contributed by atoms with E-state index < -0.39 is 0 Å². The lowest BCUT2D eigenvalue weighted by Gasteiger charge is -2.14. The van der Waals surface area contributed by atoms with Crippen LogP contribution in [0.4, 0.5) is 0 Å². The van der Waals surface area contributed by atoms with Crippen LogP contribution in [0, 0.1) is 0 Å². The highest BCUT2D eigenvalue weighted by molar-refractivity contribution is 6.14. The summed E-state index contributed by atoms with van der Waals surface area (Å²) in [4.78, 5) is 15.9. The van der Waals surface area contributed by atoms with E-state index in [0.29, 0.717) is 17.5 Å². The minimum absolute atomic E-state index is 0.629. The summed E-state index contributed by atoms with van der Waals surface area (Å²) in [6.45, 7) is 0. The quantitative estimate of drug-likeness (QED) is 0.158. The number of fused-ring (bicyclic) bond motifs is 6. The van der Waals surface area contributed by atoms with E-state index in [1.807, 2.05) is 0 Å². The van der Waals surface area contributed by atoms with E-state index >= 15 is 0 Å². The Bertz CT molecular complexity index is 3690. The van der Waals surface area contributed by atoms with Crippen LogP contribution in [0.2, 0.25) is 0 Å². The van der Waals surface area contributed by atoms with E-state index in [1.165, 1.54) is 49.2 Å². The summed E-state index contributed by atoms with van der Waals surface area (Å²) >= 11 is 0. The van der Waals surface area contributed by atoms with Crippen LogP contribution in [0.25, 0.3) is 121 Å². The summed E-state index contributed by atoms with van der Waals surface area (Å²) in [7, 11) is 0. The van der Waals surface area contributed by atoms with Crippen molar-refractivity contribution < 1.29 is 0 Å². The molecule has 0 N–H and O–H groups in total. The van der Waals surface area contributed by atoms with E-state index in [9.17, 15) is 0 Å². The lowest BCUT2D eigenvalue weighted by molar-refractivity contribution is 1.08. The van der Waals surface area contributed by atoms with Gasteiger partial charge in [-0.3, -0.25) is 0 Å². The molecule has 288 valence electrons. The van der Waals surface area contributed by atoms with E-state index in [1.54, 1.807) is 0 Å². The second-order valence-electron chi connectivity index (χ2n) is 16.0. The van der Waals surface area contributed by atoms with Gasteiger partial charge in [0.15, 0.2) is 17.5 Å². The highest BCUT2D eigenvalue weighted by Crippen LogP contribution is 2.39. The molecular formula is C59H37N3. The van der Waals surface area contributed by atoms with Crippen molar-refractivity contribution in [3.63, 3.8) is 0 Å². The van der Waals surface area contributed by atoms with Gasteiger partial charge in [0.1, 0.15) is 0 Å². The van der Waals surface area contributed by atoms with Gasteiger partial charge in [-0.15, -0.1) is 0 Å². The average Bonchev–Trinajstić information content (AvgIpc) is 3.35. The van der Waals surface area contributed by atoms with Crippen LogP contribution in [0.15, 0.2) is 224 Å². The maximum atomic E-state index is 5.32. The van der Waals surface area contributed by atoms with Crippen LogP contribution in [-0.2, 0) is 0 Å². The Morgan fingerprint density at radius 1 is 0.194 bits per heavy atom. The number of benzene rings is 11. The van der Waals surface area contributed by atoms with Crippen LogP contribution in [0.1, 0.15) is 0 Å². The Balaban J connectivity index is 0.995. The van der Waals surface area contributed by atoms with E-state index in [-0.39, 0.29) is 0 Å². The molecule has 0 saturated carbocycles. The van der Waals surface area contributed by atoms with E-state index in [4.69, 9.17) is 15.0 Å². The van der Waals surface area contributed by atoms with Crippen molar-refractivity contribution in [2.75, 3.05) is 0 Å². The first-order valence-corrected chi connectivity index (χ1v) is 21.1. The zero-order chi connectivity index (χ0) is 41.0. The summed E-state index contributed by atoms with van der Waals surface area (Å²) in [5, 5.41) is 11.7. The topological polar surface area (TPSA) is 38.7 Å². The van der Waals surface area contributed by atoms with Gasteiger partial charge in [0.25, 0.3) is 0 Å². The fraction of sp³-hybridized carbons (Fsp3) is 0. The maximum absolute atomic E-state index is 5.32. The molecule has 0 unspecified atom stereocenters. The lowest BCUT2D eigenvalue weighted by atomic mass is 9.94. The van der Waals surface area contributed by atoms with Crippen LogP contribution in [0.5, 0.6) is 0 Å². The third kappa shape index (κ3) is 6.27. The number of hydrogen-bond donors (Lipinski definition) is 0. The van der Waals surface area contributed by atoms with Gasteiger partial charge in [-0.25, -0.2) is 15.0 Å². The molecule has 1 aromatic heterocycles. The Kier molecular flexibility index (Phi) is 8.50. The van der Waals surface area contributed by atoms with Gasteiger partial charge in [-0.1, -0.05) is 194 Å². The monoisotopic (exact) mass is 787 g/mol. The van der Waals surface area contributed by atoms with Crippen LogP contribution in [0.3, 0.4) is 0 Å². The molecule has 12 rings (SSSR count). The van der Waals surface area contributed by atoms with Crippen molar-refractivity contribution >= 4 is 53.9 Å². The molecule has 0 fully saturated rings. The number of rotatable bonds is 6. The zero-order valence-corrected chi connectivity index (χ0v) is 33.7. The van der Waals surface area contributed by atoms with Crippen LogP contribution in [-0.4, -0.2) is 15.0 Å². The van der Waals surface area contributed by atoms with Crippen molar-refractivity contribution in [1.82, 2.24) is 15.0 Å². The fourth-order valence-electron chi connectivity index (χ4n) is 9.17. The molecular weight excluding hydrogens is 751 g/mol. The molecule has 0 bridgehead atoms. The molecule has 0 atom stereocenters. The Hall–Kier alpha value is -8.27. The molecule has 0 aliphatic carbocycles. The molecule has 11 aromatic carbocycles. The Morgan fingerprint density at radius 2 is 0.677 bits per heavy atom. The number of hydrogen-bond acceptors (Lipinski definition) is 3. The SMILES string of the molecule is c1ccc(-c2ccc3cc(-c4nc(-c5cccc(-c6ccc7cc(-c8cccc9ccccc89)ccc7c6)c5)nc(-c5cccc6ccccc56)n4)c4ccccc4c3c2)cc1. The lowest BCUT2D eigenvalue weighted by Crippen LogP contribution is -2.01. The molecule has 0 saturated heterocycles. The first-order valence-electron chi connectivity index (χ1n) is 21.1. The molecule has 0 aliphatic heterocycles. The average molecular weight is 788 g/mol. The van der Waals surface area contributed by atoms with Gasteiger partial charge in [0.2, 0.25) is 0 Å². The molecule has 12 aromatic rings. The summed E-state index contributed by atoms with van der Waals surface area (Å²) < 4.78 is 0. The summed E-state index contributed by atoms with van der Waals surface area (Å²) in [6.07, 6.45) is 0. The van der Waals surface area contributed by atoms with E-state index in [0.717, 1.165) is 54.7 Å². The normalized spacial score (nSPS) is 11.5. The summed E-state index contributed by atoms with van der Waals surface area (Å²) in [6, 6.07) is 80.2. The Labute approximate surface area is 359 Å². The van der Waals surface area contributed by atoms with Crippen molar-refractivity contribution in [3.05, 3.63) is 224 Å². The first-order chi connectivity index (χ1) is 30.7. The van der Waals surface area contributed by atoms with Gasteiger partial charge in [-0.05, 0) is 118 Å². The van der Waals surface area contributed by atoms with Crippen molar-refractivity contribution in [2.45, 2.75) is 0 Å². The maximum Gasteiger partial charge on any atom is 0.164 e. The number of aromatic nitrogens is 3. The predicted molar refractivity (Wildman–Crippen MR) is 260 cm³/mol. The standard InChI is InChI=1S/C59H37N3/c1-2-13-38(14-3-1)45-30-32-47-37-56(53-24-9-8-23-52(53)55(47)36-45)59-61-57(60-58(62-59)54-26-12-18-40-16-5-7-22-50(40)54)48-20-10-19-41(35-48)42-27-28-44-34-46(31-29-43(44)33-42)51-25-11-17-39-15-4-6-21-49(39)51/h1-37H. The fourth-order valence-corrected chi connectivity index (χ4v) is 9.17. The molecule has 62 heavy (non-hydrogen) atoms. The highest BCUT2D eigenvalue weighted by Gasteiger charge is 2.18. The van der Waals surface area contributed by atoms with Gasteiger partial charge >= 0.3 is 0 Å². The highest BCUT2D eigenvalue weighted by atomic mass is 15.0. The summed E-state index contributed by atoms with van der Waals surface area (Å²) in [5.74, 6) is 1.91. The van der Waals surface area contributed by atoms with Gasteiger partial charge in [0.05, 0.1) is 0 Å². The molecule has 0 amide bonds. The van der Waals surface area contributed by atoms with Crippen molar-refractivity contribution in [3.8, 4) is 67.5 Å². The third-order valence-corrected chi connectivity index (χ3v) is 12.3.